The van der Waals surface area contributed by atoms with Gasteiger partial charge in [-0.1, -0.05) is 0 Å². The van der Waals surface area contributed by atoms with E-state index in [0.717, 1.165) is 0 Å². The van der Waals surface area contributed by atoms with Gasteiger partial charge in [0.15, 0.2) is 0 Å². The van der Waals surface area contributed by atoms with Crippen LogP contribution in [-0.2, 0) is 19.2 Å². The first kappa shape index (κ1) is 17.8. The molecule has 0 aliphatic rings. The van der Waals surface area contributed by atoms with E-state index in [4.69, 9.17) is 39.6 Å². The van der Waals surface area contributed by atoms with E-state index in [1.54, 1.807) is 0 Å². The van der Waals surface area contributed by atoms with Crippen molar-refractivity contribution < 1.29 is 39.6 Å². The number of aliphatic carboxylic acids is 4. The molecule has 70 valence electrons. The number of carbonyl (C=O) groups is 4. The minimum atomic E-state index is -1.82. The Morgan fingerprint density at radius 1 is 0.538 bits per heavy atom. The van der Waals surface area contributed by atoms with Gasteiger partial charge in [-0.3, -0.25) is 0 Å². The SMILES string of the molecule is O=C(O)C(=O)O.O=C(O)C(=O)O.[NaH]. The van der Waals surface area contributed by atoms with Crippen molar-refractivity contribution in [2.75, 3.05) is 0 Å². The summed E-state index contributed by atoms with van der Waals surface area (Å²) in [5.41, 5.74) is 0. The van der Waals surface area contributed by atoms with Gasteiger partial charge in [0, 0.05) is 0 Å². The fourth-order valence-corrected chi connectivity index (χ4v) is 0. The van der Waals surface area contributed by atoms with Gasteiger partial charge < -0.3 is 20.4 Å². The Hall–Kier alpha value is -1.12. The van der Waals surface area contributed by atoms with Crippen LogP contribution >= 0.6 is 0 Å². The molecule has 0 aliphatic heterocycles. The van der Waals surface area contributed by atoms with Gasteiger partial charge in [0.1, 0.15) is 0 Å². The van der Waals surface area contributed by atoms with Crippen LogP contribution in [0.15, 0.2) is 0 Å². The molecule has 0 heterocycles. The predicted octanol–water partition coefficient (Wildman–Crippen LogP) is -2.34. The molecular weight excluding hydrogens is 199 g/mol. The molecule has 8 nitrogen and oxygen atoms in total. The molecule has 0 fully saturated rings. The topological polar surface area (TPSA) is 149 Å². The van der Waals surface area contributed by atoms with Gasteiger partial charge in [-0.2, -0.15) is 0 Å². The fraction of sp³-hybridized carbons (Fsp3) is 0. The van der Waals surface area contributed by atoms with Crippen LogP contribution < -0.4 is 0 Å². The molecule has 0 unspecified atom stereocenters. The van der Waals surface area contributed by atoms with Gasteiger partial charge in [0.2, 0.25) is 0 Å². The summed E-state index contributed by atoms with van der Waals surface area (Å²) in [7, 11) is 0. The molecule has 13 heavy (non-hydrogen) atoms. The van der Waals surface area contributed by atoms with Gasteiger partial charge in [-0.05, 0) is 0 Å². The molecule has 4 N–H and O–H groups in total. The van der Waals surface area contributed by atoms with Crippen LogP contribution in [0, 0.1) is 0 Å². The summed E-state index contributed by atoms with van der Waals surface area (Å²) in [6.07, 6.45) is 0. The first-order chi connectivity index (χ1) is 5.29. The first-order valence-corrected chi connectivity index (χ1v) is 2.21. The molecule has 0 spiro atoms. The van der Waals surface area contributed by atoms with Crippen molar-refractivity contribution in [3.05, 3.63) is 0 Å². The van der Waals surface area contributed by atoms with Gasteiger partial charge in [0.25, 0.3) is 0 Å². The Morgan fingerprint density at radius 2 is 0.615 bits per heavy atom. The van der Waals surface area contributed by atoms with E-state index in [1.807, 2.05) is 0 Å². The number of carboxylic acid groups (broad SMARTS) is 4. The summed E-state index contributed by atoms with van der Waals surface area (Å²) < 4.78 is 0. The van der Waals surface area contributed by atoms with E-state index in [0.29, 0.717) is 0 Å². The molecule has 0 saturated carbocycles. The second kappa shape index (κ2) is 8.97. The third-order valence-corrected chi connectivity index (χ3v) is 0.366. The normalized spacial score (nSPS) is 6.77. The van der Waals surface area contributed by atoms with Crippen LogP contribution in [0.1, 0.15) is 0 Å². The van der Waals surface area contributed by atoms with Crippen molar-refractivity contribution in [1.29, 1.82) is 0 Å². The Balaban J connectivity index is -0.000000143. The third-order valence-electron chi connectivity index (χ3n) is 0.366. The summed E-state index contributed by atoms with van der Waals surface area (Å²) in [4.78, 5) is 36.4. The summed E-state index contributed by atoms with van der Waals surface area (Å²) in [6, 6.07) is 0. The number of rotatable bonds is 0. The van der Waals surface area contributed by atoms with E-state index < -0.39 is 23.9 Å². The summed E-state index contributed by atoms with van der Waals surface area (Å²) in [6.45, 7) is 0. The van der Waals surface area contributed by atoms with Crippen LogP contribution in [0.3, 0.4) is 0 Å². The van der Waals surface area contributed by atoms with Crippen molar-refractivity contribution in [3.8, 4) is 0 Å². The van der Waals surface area contributed by atoms with E-state index in [9.17, 15) is 0 Å². The average molecular weight is 204 g/mol. The van der Waals surface area contributed by atoms with Crippen LogP contribution in [0.4, 0.5) is 0 Å². The van der Waals surface area contributed by atoms with Gasteiger partial charge in [-0.15, -0.1) is 0 Å². The molecular formula is C4H5NaO8. The van der Waals surface area contributed by atoms with Crippen LogP contribution in [0.2, 0.25) is 0 Å². The zero-order valence-electron chi connectivity index (χ0n) is 5.42. The predicted molar refractivity (Wildman–Crippen MR) is 37.7 cm³/mol. The summed E-state index contributed by atoms with van der Waals surface area (Å²) >= 11 is 0. The van der Waals surface area contributed by atoms with Gasteiger partial charge >= 0.3 is 53.4 Å². The molecule has 0 bridgehead atoms. The molecule has 0 aromatic heterocycles. The summed E-state index contributed by atoms with van der Waals surface area (Å²) in [5, 5.41) is 29.6. The average Bonchev–Trinajstić information content (AvgIpc) is 1.88. The Bertz CT molecular complexity index is 172. The fourth-order valence-electron chi connectivity index (χ4n) is 0. The zero-order valence-corrected chi connectivity index (χ0v) is 5.42. The molecule has 0 rings (SSSR count). The molecule has 0 radical (unpaired) electrons. The molecule has 0 aromatic carbocycles. The standard InChI is InChI=1S/2C2H2O4.Na.H/c2*3-1(4)2(5)6;;/h2*(H,3,4)(H,5,6);;. The van der Waals surface area contributed by atoms with Gasteiger partial charge in [-0.25, -0.2) is 19.2 Å². The molecule has 0 aromatic rings. The van der Waals surface area contributed by atoms with E-state index in [-0.39, 0.29) is 29.6 Å². The Labute approximate surface area is 93.1 Å². The van der Waals surface area contributed by atoms with Crippen LogP contribution in [0.25, 0.3) is 0 Å². The van der Waals surface area contributed by atoms with Crippen molar-refractivity contribution in [3.63, 3.8) is 0 Å². The molecule has 0 atom stereocenters. The maximum atomic E-state index is 9.10. The monoisotopic (exact) mass is 204 g/mol. The first-order valence-electron chi connectivity index (χ1n) is 2.21. The quantitative estimate of drug-likeness (QED) is 0.253. The van der Waals surface area contributed by atoms with Crippen molar-refractivity contribution >= 4 is 53.4 Å². The number of carboxylic acids is 4. The van der Waals surface area contributed by atoms with Crippen LogP contribution in [-0.4, -0.2) is 73.9 Å². The van der Waals surface area contributed by atoms with Crippen LogP contribution in [0.5, 0.6) is 0 Å². The number of hydrogen-bond donors (Lipinski definition) is 4. The second-order valence-electron chi connectivity index (χ2n) is 1.22. The molecule has 0 aliphatic carbocycles. The minimum absolute atomic E-state index is 0. The van der Waals surface area contributed by atoms with E-state index in [2.05, 4.69) is 0 Å². The van der Waals surface area contributed by atoms with Crippen molar-refractivity contribution in [1.82, 2.24) is 0 Å². The molecule has 9 heteroatoms. The van der Waals surface area contributed by atoms with E-state index in [1.165, 1.54) is 0 Å². The number of hydrogen-bond acceptors (Lipinski definition) is 4. The second-order valence-corrected chi connectivity index (χ2v) is 1.22. The Morgan fingerprint density at radius 3 is 0.615 bits per heavy atom. The summed E-state index contributed by atoms with van der Waals surface area (Å²) in [5.74, 6) is -7.30. The van der Waals surface area contributed by atoms with Gasteiger partial charge in [0.05, 0.1) is 0 Å². The molecule has 0 saturated heterocycles. The zero-order chi connectivity index (χ0) is 10.3. The van der Waals surface area contributed by atoms with E-state index >= 15 is 0 Å². The van der Waals surface area contributed by atoms with Crippen molar-refractivity contribution in [2.24, 2.45) is 0 Å². The molecule has 0 amide bonds. The third kappa shape index (κ3) is 18.1. The Kier molecular flexibility index (Phi) is 12.3. The van der Waals surface area contributed by atoms with Crippen molar-refractivity contribution in [2.45, 2.75) is 0 Å². The maximum absolute atomic E-state index is 9.10.